The maximum atomic E-state index is 12.8. The van der Waals surface area contributed by atoms with Crippen LogP contribution in [0.2, 0.25) is 0 Å². The highest BCUT2D eigenvalue weighted by Gasteiger charge is 2.37. The molecule has 0 bridgehead atoms. The molecule has 1 saturated heterocycles. The first-order valence-corrected chi connectivity index (χ1v) is 6.66. The average molecular weight is 241 g/mol. The second-order valence-corrected chi connectivity index (χ2v) is 5.73. The summed E-state index contributed by atoms with van der Waals surface area (Å²) in [5, 5.41) is 0. The fraction of sp³-hybridized carbons (Fsp3) is 0.500. The van der Waals surface area contributed by atoms with Crippen molar-refractivity contribution >= 4 is 11.4 Å². The van der Waals surface area contributed by atoms with Gasteiger partial charge in [0.15, 0.2) is 4.90 Å². The number of rotatable bonds is 2. The van der Waals surface area contributed by atoms with Gasteiger partial charge in [0.1, 0.15) is 5.82 Å². The summed E-state index contributed by atoms with van der Waals surface area (Å²) < 4.78 is 27.1. The van der Waals surface area contributed by atoms with Crippen LogP contribution in [0, 0.1) is 5.82 Å². The average Bonchev–Trinajstić information content (AvgIpc) is 2.59. The van der Waals surface area contributed by atoms with Gasteiger partial charge >= 0.3 is 0 Å². The molecule has 0 radical (unpaired) electrons. The molecule has 3 atom stereocenters. The molecule has 1 aromatic rings. The Balaban J connectivity index is 2.18. The van der Waals surface area contributed by atoms with Crippen molar-refractivity contribution in [2.24, 2.45) is 0 Å². The molecule has 0 amide bonds. The molecule has 1 aliphatic heterocycles. The quantitative estimate of drug-likeness (QED) is 0.744. The lowest BCUT2D eigenvalue weighted by Gasteiger charge is -2.26. The molecule has 16 heavy (non-hydrogen) atoms. The topological polar surface area (TPSA) is 26.3 Å². The Hall–Kier alpha value is -0.580. The summed E-state index contributed by atoms with van der Waals surface area (Å²) in [4.78, 5) is 0.682. The number of nitrogens with zero attached hydrogens (tertiary/aromatic N) is 1. The van der Waals surface area contributed by atoms with E-state index in [9.17, 15) is 8.94 Å². The summed E-state index contributed by atoms with van der Waals surface area (Å²) in [6.45, 7) is 4.18. The van der Waals surface area contributed by atoms with E-state index in [-0.39, 0.29) is 5.82 Å². The highest BCUT2D eigenvalue weighted by atomic mass is 32.2. The largest absolute Gasteiger partial charge is 0.593 e. The fourth-order valence-corrected chi connectivity index (χ4v) is 3.65. The highest BCUT2D eigenvalue weighted by molar-refractivity contribution is 7.89. The van der Waals surface area contributed by atoms with Gasteiger partial charge in [-0.05, 0) is 51.0 Å². The van der Waals surface area contributed by atoms with E-state index >= 15 is 0 Å². The molecule has 1 unspecified atom stereocenters. The number of hydrogen-bond acceptors (Lipinski definition) is 2. The molecular formula is C12H16FNOS. The van der Waals surface area contributed by atoms with Crippen LogP contribution in [0.1, 0.15) is 26.7 Å². The van der Waals surface area contributed by atoms with Crippen molar-refractivity contribution in [3.63, 3.8) is 0 Å². The van der Waals surface area contributed by atoms with Gasteiger partial charge in [0.2, 0.25) is 0 Å². The molecule has 88 valence electrons. The third-order valence-electron chi connectivity index (χ3n) is 3.08. The van der Waals surface area contributed by atoms with E-state index in [4.69, 9.17) is 0 Å². The van der Waals surface area contributed by atoms with Gasteiger partial charge in [-0.2, -0.15) is 0 Å². The molecule has 1 fully saturated rings. The number of hydrogen-bond donors (Lipinski definition) is 0. The van der Waals surface area contributed by atoms with Crippen molar-refractivity contribution in [2.45, 2.75) is 43.7 Å². The third-order valence-corrected chi connectivity index (χ3v) is 4.86. The second-order valence-electron chi connectivity index (χ2n) is 4.34. The van der Waals surface area contributed by atoms with Gasteiger partial charge in [-0.25, -0.2) is 4.39 Å². The molecule has 1 aliphatic rings. The minimum absolute atomic E-state index is 0.289. The highest BCUT2D eigenvalue weighted by Crippen LogP contribution is 2.30. The molecule has 1 aromatic carbocycles. The van der Waals surface area contributed by atoms with E-state index in [1.807, 2.05) is 4.31 Å². The van der Waals surface area contributed by atoms with Crippen LogP contribution in [-0.4, -0.2) is 20.9 Å². The molecule has 0 N–H and O–H groups in total. The first kappa shape index (κ1) is 11.9. The third kappa shape index (κ3) is 2.24. The molecule has 2 rings (SSSR count). The van der Waals surface area contributed by atoms with Crippen LogP contribution in [0.3, 0.4) is 0 Å². The van der Waals surface area contributed by atoms with Crippen LogP contribution in [0.15, 0.2) is 29.2 Å². The van der Waals surface area contributed by atoms with Gasteiger partial charge in [0.05, 0.1) is 23.4 Å². The zero-order valence-electron chi connectivity index (χ0n) is 9.52. The Morgan fingerprint density at radius 2 is 1.69 bits per heavy atom. The zero-order chi connectivity index (χ0) is 11.7. The van der Waals surface area contributed by atoms with E-state index in [1.165, 1.54) is 12.1 Å². The van der Waals surface area contributed by atoms with Crippen molar-refractivity contribution in [3.05, 3.63) is 30.1 Å². The second kappa shape index (κ2) is 4.73. The number of halogens is 1. The molecule has 0 aromatic heterocycles. The standard InChI is InChI=1S/C12H16FNOS/c1-9-3-4-10(2)14(9)16(15)12-7-5-11(13)6-8-12/h5-10H,3-4H2,1-2H3/t9-,10+,16?. The van der Waals surface area contributed by atoms with E-state index in [0.717, 1.165) is 12.8 Å². The van der Waals surface area contributed by atoms with E-state index in [2.05, 4.69) is 13.8 Å². The molecule has 2 nitrogen and oxygen atoms in total. The Morgan fingerprint density at radius 1 is 1.19 bits per heavy atom. The Bertz CT molecular complexity index is 347. The summed E-state index contributed by atoms with van der Waals surface area (Å²) in [5.74, 6) is -0.289. The molecular weight excluding hydrogens is 225 g/mol. The summed E-state index contributed by atoms with van der Waals surface area (Å²) in [6, 6.07) is 6.59. The summed E-state index contributed by atoms with van der Waals surface area (Å²) in [7, 11) is 0. The predicted octanol–water partition coefficient (Wildman–Crippen LogP) is 2.72. The van der Waals surface area contributed by atoms with Crippen molar-refractivity contribution < 1.29 is 8.94 Å². The van der Waals surface area contributed by atoms with Crippen LogP contribution >= 0.6 is 0 Å². The van der Waals surface area contributed by atoms with Gasteiger partial charge in [0.25, 0.3) is 0 Å². The SMILES string of the molecule is C[C@@H]1CC[C@H](C)N1[S+]([O-])c1ccc(F)cc1. The summed E-state index contributed by atoms with van der Waals surface area (Å²) >= 11 is -1.16. The van der Waals surface area contributed by atoms with E-state index < -0.39 is 11.4 Å². The first-order chi connectivity index (χ1) is 7.59. The molecule has 4 heteroatoms. The van der Waals surface area contributed by atoms with Gasteiger partial charge < -0.3 is 4.55 Å². The Morgan fingerprint density at radius 3 is 2.19 bits per heavy atom. The fourth-order valence-electron chi connectivity index (χ4n) is 2.17. The van der Waals surface area contributed by atoms with Crippen molar-refractivity contribution in [2.75, 3.05) is 0 Å². The first-order valence-electron chi connectivity index (χ1n) is 5.55. The Labute approximate surface area is 98.8 Å². The normalized spacial score (nSPS) is 28.2. The maximum Gasteiger partial charge on any atom is 0.174 e. The van der Waals surface area contributed by atoms with Crippen molar-refractivity contribution in [1.82, 2.24) is 4.31 Å². The smallest absolute Gasteiger partial charge is 0.174 e. The van der Waals surface area contributed by atoms with Crippen LogP contribution in [0.5, 0.6) is 0 Å². The minimum atomic E-state index is -1.16. The molecule has 1 heterocycles. The van der Waals surface area contributed by atoms with Gasteiger partial charge in [0, 0.05) is 0 Å². The molecule has 0 saturated carbocycles. The molecule has 0 spiro atoms. The lowest BCUT2D eigenvalue weighted by atomic mass is 10.2. The van der Waals surface area contributed by atoms with E-state index in [1.54, 1.807) is 12.1 Å². The molecule has 0 aliphatic carbocycles. The lowest BCUT2D eigenvalue weighted by Crippen LogP contribution is -2.38. The summed E-state index contributed by atoms with van der Waals surface area (Å²) in [5.41, 5.74) is 0. The minimum Gasteiger partial charge on any atom is -0.593 e. The van der Waals surface area contributed by atoms with Gasteiger partial charge in [-0.15, -0.1) is 4.31 Å². The zero-order valence-corrected chi connectivity index (χ0v) is 10.3. The lowest BCUT2D eigenvalue weighted by molar-refractivity contribution is 0.350. The van der Waals surface area contributed by atoms with Crippen LogP contribution in [0.25, 0.3) is 0 Å². The maximum absolute atomic E-state index is 12.8. The predicted molar refractivity (Wildman–Crippen MR) is 62.8 cm³/mol. The summed E-state index contributed by atoms with van der Waals surface area (Å²) in [6.07, 6.45) is 2.15. The van der Waals surface area contributed by atoms with Crippen molar-refractivity contribution in [1.29, 1.82) is 0 Å². The number of benzene rings is 1. The van der Waals surface area contributed by atoms with Gasteiger partial charge in [-0.1, -0.05) is 0 Å². The monoisotopic (exact) mass is 241 g/mol. The van der Waals surface area contributed by atoms with Crippen LogP contribution in [-0.2, 0) is 11.4 Å². The van der Waals surface area contributed by atoms with E-state index in [0.29, 0.717) is 17.0 Å². The van der Waals surface area contributed by atoms with Crippen LogP contribution < -0.4 is 0 Å². The van der Waals surface area contributed by atoms with Crippen LogP contribution in [0.4, 0.5) is 4.39 Å². The Kier molecular flexibility index (Phi) is 3.52. The van der Waals surface area contributed by atoms with Crippen molar-refractivity contribution in [3.8, 4) is 0 Å². The van der Waals surface area contributed by atoms with Gasteiger partial charge in [-0.3, -0.25) is 0 Å².